The summed E-state index contributed by atoms with van der Waals surface area (Å²) in [5, 5.41) is 3.41. The number of carbonyl (C=O) groups excluding carboxylic acids is 4. The fraction of sp³-hybridized carbons (Fsp3) is 0.524. The molecule has 2 aliphatic heterocycles. The first-order valence-electron chi connectivity index (χ1n) is 20.0. The first kappa shape index (κ1) is 43.2. The number of likely N-dealkylation sites (tertiary alicyclic amines) is 2. The van der Waals surface area contributed by atoms with E-state index in [9.17, 15) is 36.4 Å². The monoisotopic (exact) mass is 870 g/mol. The molecule has 14 nitrogen and oxygen atoms in total. The molecule has 7 rings (SSSR count). The molecule has 2 saturated heterocycles. The van der Waals surface area contributed by atoms with Gasteiger partial charge in [0.05, 0.1) is 47.8 Å². The summed E-state index contributed by atoms with van der Waals surface area (Å²) >= 11 is 6.80. The maximum Gasteiger partial charge on any atom is 0.265 e. The molecular weight excluding hydrogens is 822 g/mol. The summed E-state index contributed by atoms with van der Waals surface area (Å²) in [5.41, 5.74) is -1.58. The molecule has 60 heavy (non-hydrogen) atoms. The molecule has 0 radical (unpaired) electrons. The summed E-state index contributed by atoms with van der Waals surface area (Å²) in [6.07, 6.45) is 2.39. The first-order chi connectivity index (χ1) is 28.3. The maximum absolute atomic E-state index is 14.9. The van der Waals surface area contributed by atoms with Crippen molar-refractivity contribution in [3.8, 4) is 23.0 Å². The number of carbonyl (C=O) groups is 4. The highest BCUT2D eigenvalue weighted by atomic mass is 35.5. The molecular formula is C42H49ClF2N6O8S. The molecule has 2 aliphatic carbocycles. The molecule has 0 spiro atoms. The summed E-state index contributed by atoms with van der Waals surface area (Å²) in [4.78, 5) is 68.3. The number of aromatic nitrogens is 2. The van der Waals surface area contributed by atoms with Gasteiger partial charge in [-0.3, -0.25) is 28.9 Å². The second-order valence-electron chi connectivity index (χ2n) is 17.3. The zero-order valence-electron chi connectivity index (χ0n) is 33.9. The van der Waals surface area contributed by atoms with Gasteiger partial charge in [-0.05, 0) is 61.4 Å². The summed E-state index contributed by atoms with van der Waals surface area (Å²) in [6.45, 7) is 8.24. The molecule has 0 bridgehead atoms. The zero-order chi connectivity index (χ0) is 43.4. The predicted molar refractivity (Wildman–Crippen MR) is 219 cm³/mol. The van der Waals surface area contributed by atoms with Crippen molar-refractivity contribution < 1.29 is 45.9 Å². The number of hydrogen-bond donors (Lipinski definition) is 2. The van der Waals surface area contributed by atoms with Gasteiger partial charge in [-0.2, -0.15) is 0 Å². The number of hydrogen-bond acceptors (Lipinski definition) is 10. The van der Waals surface area contributed by atoms with Crippen molar-refractivity contribution in [2.45, 2.75) is 94.6 Å². The van der Waals surface area contributed by atoms with Crippen LogP contribution in [0, 0.1) is 17.3 Å². The Morgan fingerprint density at radius 1 is 1.12 bits per heavy atom. The van der Waals surface area contributed by atoms with E-state index in [4.69, 9.17) is 26.1 Å². The van der Waals surface area contributed by atoms with Gasteiger partial charge in [0.25, 0.3) is 11.8 Å². The number of nitrogens with zero attached hydrogens (tertiary/aromatic N) is 4. The Kier molecular flexibility index (Phi) is 11.6. The fourth-order valence-electron chi connectivity index (χ4n) is 8.13. The lowest BCUT2D eigenvalue weighted by Crippen LogP contribution is -2.57. The van der Waals surface area contributed by atoms with E-state index in [1.807, 2.05) is 0 Å². The quantitative estimate of drug-likeness (QED) is 0.215. The summed E-state index contributed by atoms with van der Waals surface area (Å²) in [7, 11) is -2.48. The molecule has 5 atom stereocenters. The molecule has 322 valence electrons. The highest BCUT2D eigenvalue weighted by Crippen LogP contribution is 2.46. The van der Waals surface area contributed by atoms with Crippen LogP contribution in [-0.4, -0.2) is 107 Å². The molecule has 1 aromatic carbocycles. The number of pyridine rings is 2. The number of amides is 4. The molecule has 4 fully saturated rings. The van der Waals surface area contributed by atoms with Gasteiger partial charge in [0.1, 0.15) is 23.4 Å². The third kappa shape index (κ3) is 8.78. The maximum atomic E-state index is 14.9. The average molecular weight is 871 g/mol. The van der Waals surface area contributed by atoms with E-state index in [1.165, 1.54) is 18.1 Å². The van der Waals surface area contributed by atoms with Gasteiger partial charge >= 0.3 is 0 Å². The number of rotatable bonds is 13. The van der Waals surface area contributed by atoms with Gasteiger partial charge < -0.3 is 24.6 Å². The van der Waals surface area contributed by atoms with E-state index in [2.05, 4.69) is 21.6 Å². The van der Waals surface area contributed by atoms with Crippen LogP contribution in [-0.2, 0) is 29.2 Å². The lowest BCUT2D eigenvalue weighted by molar-refractivity contribution is -0.151. The van der Waals surface area contributed by atoms with Gasteiger partial charge in [0.2, 0.25) is 33.6 Å². The fourth-order valence-corrected chi connectivity index (χ4v) is 9.79. The number of sulfonamides is 1. The van der Waals surface area contributed by atoms with Gasteiger partial charge in [-0.15, -0.1) is 6.58 Å². The standard InChI is InChI=1S/C42H49ClF2N6O8S/c1-6-24-21-42(24,39(55)49-60(56,57)26-11-12-26)48-36(53)32-18-25(22-51(32)38(54)29(40(2,3)4)20-34(52)50-17-9-15-41(44,45)23-50)59-37-27-13-14-33(58-5)35(43)28(27)19-31(47-37)30-10-7-8-16-46-30/h6-8,10,13-14,16,19,24-26,29,32H,1,9,11-12,15,17-18,20-23H2,2-5H3,(H,48,53)(H,49,55)/t24-,25-,29?,32+,42?/m1/s1. The second kappa shape index (κ2) is 16.2. The summed E-state index contributed by atoms with van der Waals surface area (Å²) in [5.74, 6) is -7.03. The van der Waals surface area contributed by atoms with Gasteiger partial charge in [0, 0.05) is 48.7 Å². The molecule has 4 heterocycles. The number of alkyl halides is 2. The van der Waals surface area contributed by atoms with Crippen LogP contribution in [0.15, 0.2) is 55.3 Å². The van der Waals surface area contributed by atoms with E-state index in [1.54, 1.807) is 63.4 Å². The topological polar surface area (TPSA) is 177 Å². The second-order valence-corrected chi connectivity index (χ2v) is 19.6. The van der Waals surface area contributed by atoms with Crippen molar-refractivity contribution in [2.24, 2.45) is 17.3 Å². The van der Waals surface area contributed by atoms with E-state index in [0.29, 0.717) is 40.8 Å². The number of halogens is 3. The van der Waals surface area contributed by atoms with Crippen molar-refractivity contribution in [1.29, 1.82) is 0 Å². The van der Waals surface area contributed by atoms with Gasteiger partial charge in [-0.25, -0.2) is 22.2 Å². The van der Waals surface area contributed by atoms with Crippen LogP contribution in [0.25, 0.3) is 22.2 Å². The molecule has 2 aromatic heterocycles. The molecule has 2 saturated carbocycles. The average Bonchev–Trinajstić information content (AvgIpc) is 4.13. The molecule has 18 heteroatoms. The third-order valence-electron chi connectivity index (χ3n) is 11.9. The van der Waals surface area contributed by atoms with Crippen LogP contribution >= 0.6 is 11.6 Å². The van der Waals surface area contributed by atoms with Gasteiger partial charge in [0.15, 0.2) is 0 Å². The van der Waals surface area contributed by atoms with Crippen molar-refractivity contribution in [3.63, 3.8) is 0 Å². The minimum Gasteiger partial charge on any atom is -0.495 e. The Hall–Kier alpha value is -4.90. The van der Waals surface area contributed by atoms with E-state index < -0.39 is 92.7 Å². The smallest absolute Gasteiger partial charge is 0.265 e. The lowest BCUT2D eigenvalue weighted by Gasteiger charge is -2.37. The Morgan fingerprint density at radius 2 is 1.87 bits per heavy atom. The highest BCUT2D eigenvalue weighted by molar-refractivity contribution is 7.91. The largest absolute Gasteiger partial charge is 0.495 e. The zero-order valence-corrected chi connectivity index (χ0v) is 35.5. The van der Waals surface area contributed by atoms with Crippen LogP contribution in [0.1, 0.15) is 65.7 Å². The van der Waals surface area contributed by atoms with Crippen LogP contribution in [0.3, 0.4) is 0 Å². The number of benzene rings is 1. The number of ether oxygens (including phenoxy) is 2. The first-order valence-corrected chi connectivity index (χ1v) is 21.9. The number of methoxy groups -OCH3 is 1. The Balaban J connectivity index is 1.23. The molecule has 2 N–H and O–H groups in total. The van der Waals surface area contributed by atoms with Crippen LogP contribution in [0.5, 0.6) is 11.6 Å². The third-order valence-corrected chi connectivity index (χ3v) is 14.1. The summed E-state index contributed by atoms with van der Waals surface area (Å²) in [6, 6.07) is 9.17. The predicted octanol–water partition coefficient (Wildman–Crippen LogP) is 5.29. The SMILES string of the molecule is C=C[C@@H]1CC1(NC(=O)[C@@H]1C[C@@H](Oc2nc(-c3ccccn3)cc3c(Cl)c(OC)ccc23)CN1C(=O)C(CC(=O)N1CCCC(F)(F)C1)C(C)(C)C)C(=O)NS(=O)(=O)C1CC1. The van der Waals surface area contributed by atoms with Crippen molar-refractivity contribution >= 4 is 56.0 Å². The highest BCUT2D eigenvalue weighted by Gasteiger charge is 2.62. The van der Waals surface area contributed by atoms with Crippen LogP contribution < -0.4 is 19.5 Å². The van der Waals surface area contributed by atoms with E-state index in [-0.39, 0.29) is 49.7 Å². The Labute approximate surface area is 352 Å². The van der Waals surface area contributed by atoms with Crippen molar-refractivity contribution in [3.05, 3.63) is 60.3 Å². The van der Waals surface area contributed by atoms with Crippen LogP contribution in [0.2, 0.25) is 5.02 Å². The normalized spacial score (nSPS) is 24.4. The molecule has 4 amide bonds. The van der Waals surface area contributed by atoms with E-state index in [0.717, 1.165) is 4.90 Å². The number of fused-ring (bicyclic) bond motifs is 1. The lowest BCUT2D eigenvalue weighted by atomic mass is 9.77. The Bertz CT molecular complexity index is 2330. The van der Waals surface area contributed by atoms with E-state index >= 15 is 0 Å². The molecule has 3 aromatic rings. The van der Waals surface area contributed by atoms with Crippen molar-refractivity contribution in [1.82, 2.24) is 29.8 Å². The number of piperidine rings is 1. The Morgan fingerprint density at radius 3 is 2.48 bits per heavy atom. The minimum atomic E-state index is -3.97. The van der Waals surface area contributed by atoms with Gasteiger partial charge in [-0.1, -0.05) is 44.5 Å². The molecule has 2 unspecified atom stereocenters. The minimum absolute atomic E-state index is 0.0783. The van der Waals surface area contributed by atoms with Crippen molar-refractivity contribution in [2.75, 3.05) is 26.7 Å². The molecule has 4 aliphatic rings. The summed E-state index contributed by atoms with van der Waals surface area (Å²) < 4.78 is 68.6. The number of nitrogens with one attached hydrogen (secondary N) is 2. The van der Waals surface area contributed by atoms with Crippen LogP contribution in [0.4, 0.5) is 8.78 Å².